The molecule has 2 aromatic heterocycles. The van der Waals surface area contributed by atoms with Gasteiger partial charge in [0.1, 0.15) is 54.2 Å². The normalized spacial score (nSPS) is 23.0. The van der Waals surface area contributed by atoms with Gasteiger partial charge in [-0.3, -0.25) is 9.69 Å². The van der Waals surface area contributed by atoms with Crippen LogP contribution in [0.4, 0.5) is 32.8 Å². The van der Waals surface area contributed by atoms with E-state index in [2.05, 4.69) is 14.6 Å². The van der Waals surface area contributed by atoms with E-state index in [1.807, 2.05) is 11.0 Å². The highest BCUT2D eigenvalue weighted by atomic mass is 35.5. The standard InChI is InChI=1S/C34H31ClF5N7O4S/c35-25-23(18-2-3-20(37)29-22(18)19(11-41)30(42)52-29)26(38)27-24-28(25)49-9-8-47(17-4-7-45(13-17)21(48)14-50-32(39)40)31(24)44-33(43-27)51-15-34-5-1-6-46(34)12-16(36)10-34/h2-3,16-17,32H,1,4-10,12-15,42H2/t16-,17?,34+/m1/s1. The number of carbonyl (C=O) groups excluding carboxylic acids is 1. The summed E-state index contributed by atoms with van der Waals surface area (Å²) >= 11 is 7.86. The number of nitrogens with two attached hydrogens (primary N) is 1. The lowest BCUT2D eigenvalue weighted by Crippen LogP contribution is -2.43. The number of anilines is 2. The Bertz CT molecular complexity index is 2150. The first-order valence-electron chi connectivity index (χ1n) is 16.7. The molecule has 0 radical (unpaired) electrons. The average molecular weight is 764 g/mol. The highest BCUT2D eigenvalue weighted by Crippen LogP contribution is 2.51. The minimum Gasteiger partial charge on any atom is -0.489 e. The molecule has 0 saturated carbocycles. The van der Waals surface area contributed by atoms with Crippen LogP contribution in [-0.4, -0.2) is 103 Å². The summed E-state index contributed by atoms with van der Waals surface area (Å²) in [6.45, 7) is -2.18. The summed E-state index contributed by atoms with van der Waals surface area (Å²) in [4.78, 5) is 27.3. The second kappa shape index (κ2) is 13.3. The number of nitriles is 1. The van der Waals surface area contributed by atoms with Crippen molar-refractivity contribution in [1.29, 1.82) is 5.26 Å². The predicted octanol–water partition coefficient (Wildman–Crippen LogP) is 5.89. The zero-order chi connectivity index (χ0) is 36.5. The summed E-state index contributed by atoms with van der Waals surface area (Å²) < 4.78 is 88.9. The molecule has 18 heteroatoms. The fourth-order valence-electron chi connectivity index (χ4n) is 8.19. The summed E-state index contributed by atoms with van der Waals surface area (Å²) in [5, 5.41) is 10.0. The molecule has 274 valence electrons. The minimum atomic E-state index is -3.09. The maximum atomic E-state index is 17.3. The Labute approximate surface area is 302 Å². The van der Waals surface area contributed by atoms with Crippen LogP contribution in [-0.2, 0) is 9.53 Å². The van der Waals surface area contributed by atoms with Crippen LogP contribution in [0.2, 0.25) is 5.02 Å². The number of carbonyl (C=O) groups is 1. The Hall–Kier alpha value is -4.24. The van der Waals surface area contributed by atoms with Gasteiger partial charge in [0, 0.05) is 43.0 Å². The number of aromatic nitrogens is 2. The van der Waals surface area contributed by atoms with E-state index in [-0.39, 0.29) is 105 Å². The predicted molar refractivity (Wildman–Crippen MR) is 183 cm³/mol. The molecule has 52 heavy (non-hydrogen) atoms. The molecule has 4 aliphatic rings. The number of hydrogen-bond donors (Lipinski definition) is 1. The fraction of sp³-hybridized carbons (Fsp3) is 0.471. The second-order valence-corrected chi connectivity index (χ2v) is 14.8. The topological polar surface area (TPSA) is 130 Å². The number of benzene rings is 2. The van der Waals surface area contributed by atoms with Gasteiger partial charge in [0.05, 0.1) is 32.8 Å². The van der Waals surface area contributed by atoms with Crippen molar-refractivity contribution in [1.82, 2.24) is 19.8 Å². The zero-order valence-corrected chi connectivity index (χ0v) is 29.0. The van der Waals surface area contributed by atoms with Gasteiger partial charge >= 0.3 is 12.6 Å². The van der Waals surface area contributed by atoms with Crippen LogP contribution >= 0.6 is 22.9 Å². The maximum absolute atomic E-state index is 17.3. The first-order chi connectivity index (χ1) is 25.0. The molecule has 2 N–H and O–H groups in total. The van der Waals surface area contributed by atoms with Gasteiger partial charge in [-0.25, -0.2) is 13.2 Å². The fourth-order valence-corrected chi connectivity index (χ4v) is 9.47. The molecular formula is C34H31ClF5N7O4S. The van der Waals surface area contributed by atoms with E-state index in [4.69, 9.17) is 31.8 Å². The monoisotopic (exact) mass is 763 g/mol. The van der Waals surface area contributed by atoms with Crippen molar-refractivity contribution in [3.8, 4) is 29.0 Å². The molecule has 0 aliphatic carbocycles. The number of nitrogens with zero attached hydrogens (tertiary/aromatic N) is 6. The number of likely N-dealkylation sites (tertiary alicyclic amines) is 1. The Kier molecular flexibility index (Phi) is 8.92. The molecule has 4 aliphatic heterocycles. The van der Waals surface area contributed by atoms with Gasteiger partial charge in [0.25, 0.3) is 0 Å². The number of amides is 1. The molecule has 8 rings (SSSR count). The number of thiophene rings is 1. The number of rotatable bonds is 8. The van der Waals surface area contributed by atoms with Crippen LogP contribution in [0.3, 0.4) is 0 Å². The van der Waals surface area contributed by atoms with Gasteiger partial charge in [-0.2, -0.15) is 24.0 Å². The average Bonchev–Trinajstić information content (AvgIpc) is 3.87. The molecular weight excluding hydrogens is 733 g/mol. The van der Waals surface area contributed by atoms with E-state index < -0.39 is 48.5 Å². The number of halogens is 6. The number of fused-ring (bicyclic) bond motifs is 2. The van der Waals surface area contributed by atoms with E-state index in [1.54, 1.807) is 0 Å². The third kappa shape index (κ3) is 5.71. The molecule has 0 bridgehead atoms. The van der Waals surface area contributed by atoms with Crippen LogP contribution in [0.1, 0.15) is 31.2 Å². The summed E-state index contributed by atoms with van der Waals surface area (Å²) in [7, 11) is 0. The van der Waals surface area contributed by atoms with Gasteiger partial charge in [-0.1, -0.05) is 17.7 Å². The smallest absolute Gasteiger partial charge is 0.345 e. The Morgan fingerprint density at radius 3 is 2.83 bits per heavy atom. The number of hydrogen-bond acceptors (Lipinski definition) is 11. The van der Waals surface area contributed by atoms with E-state index >= 15 is 8.78 Å². The molecule has 4 aromatic rings. The van der Waals surface area contributed by atoms with E-state index in [9.17, 15) is 23.2 Å². The minimum absolute atomic E-state index is 0.0298. The van der Waals surface area contributed by atoms with Crippen LogP contribution < -0.4 is 20.1 Å². The van der Waals surface area contributed by atoms with Gasteiger partial charge in [-0.15, -0.1) is 11.3 Å². The molecule has 11 nitrogen and oxygen atoms in total. The van der Waals surface area contributed by atoms with Crippen molar-refractivity contribution in [2.24, 2.45) is 0 Å². The van der Waals surface area contributed by atoms with Crippen LogP contribution in [0, 0.1) is 23.0 Å². The number of nitrogen functional groups attached to an aromatic ring is 1. The maximum Gasteiger partial charge on any atom is 0.345 e. The van der Waals surface area contributed by atoms with Crippen LogP contribution in [0.15, 0.2) is 12.1 Å². The molecule has 2 aromatic carbocycles. The van der Waals surface area contributed by atoms with Gasteiger partial charge < -0.3 is 29.7 Å². The Balaban J connectivity index is 1.27. The van der Waals surface area contributed by atoms with Crippen molar-refractivity contribution >= 4 is 60.7 Å². The van der Waals surface area contributed by atoms with Crippen LogP contribution in [0.25, 0.3) is 32.1 Å². The van der Waals surface area contributed by atoms with Gasteiger partial charge in [0.15, 0.2) is 11.6 Å². The van der Waals surface area contributed by atoms with Crippen LogP contribution in [0.5, 0.6) is 11.8 Å². The van der Waals surface area contributed by atoms with Crippen molar-refractivity contribution in [2.75, 3.05) is 63.2 Å². The van der Waals surface area contributed by atoms with Crippen molar-refractivity contribution < 1.29 is 41.0 Å². The van der Waals surface area contributed by atoms with Gasteiger partial charge in [-0.05, 0) is 37.4 Å². The first kappa shape index (κ1) is 34.8. The molecule has 1 amide bonds. The number of ether oxygens (including phenoxy) is 3. The highest BCUT2D eigenvalue weighted by molar-refractivity contribution is 7.23. The SMILES string of the molecule is N#Cc1c(N)sc2c(F)ccc(-c3c(Cl)c4c5c(nc(OC[C@@]67CCCN6C[C@H](F)C7)nc5c3F)N(C3CCN(C(=O)COC(F)F)C3)CCO4)c12. The summed E-state index contributed by atoms with van der Waals surface area (Å²) in [5.74, 6) is -1.91. The summed E-state index contributed by atoms with van der Waals surface area (Å²) in [6.07, 6.45) is 1.26. The quantitative estimate of drug-likeness (QED) is 0.217. The zero-order valence-electron chi connectivity index (χ0n) is 27.4. The van der Waals surface area contributed by atoms with E-state index in [0.29, 0.717) is 19.4 Å². The van der Waals surface area contributed by atoms with Crippen molar-refractivity contribution in [3.63, 3.8) is 0 Å². The third-order valence-electron chi connectivity index (χ3n) is 10.5. The Morgan fingerprint density at radius 2 is 2.04 bits per heavy atom. The lowest BCUT2D eigenvalue weighted by Gasteiger charge is -2.31. The molecule has 3 atom stereocenters. The van der Waals surface area contributed by atoms with Gasteiger partial charge in [0.2, 0.25) is 5.91 Å². The van der Waals surface area contributed by atoms with E-state index in [1.165, 1.54) is 11.0 Å². The molecule has 6 heterocycles. The van der Waals surface area contributed by atoms with Crippen molar-refractivity contribution in [3.05, 3.63) is 34.4 Å². The Morgan fingerprint density at radius 1 is 1.21 bits per heavy atom. The molecule has 3 fully saturated rings. The highest BCUT2D eigenvalue weighted by Gasteiger charge is 2.49. The first-order valence-corrected chi connectivity index (χ1v) is 17.9. The largest absolute Gasteiger partial charge is 0.489 e. The lowest BCUT2D eigenvalue weighted by atomic mass is 9.95. The lowest BCUT2D eigenvalue weighted by molar-refractivity contribution is -0.158. The third-order valence-corrected chi connectivity index (χ3v) is 11.9. The number of alkyl halides is 3. The second-order valence-electron chi connectivity index (χ2n) is 13.4. The summed E-state index contributed by atoms with van der Waals surface area (Å²) in [5.41, 5.74) is 5.16. The molecule has 0 spiro atoms. The van der Waals surface area contributed by atoms with Crippen molar-refractivity contribution in [2.45, 2.75) is 50.0 Å². The van der Waals surface area contributed by atoms with E-state index in [0.717, 1.165) is 30.4 Å². The summed E-state index contributed by atoms with van der Waals surface area (Å²) in [6, 6.07) is 3.87. The molecule has 3 saturated heterocycles. The molecule has 1 unspecified atom stereocenters.